The van der Waals surface area contributed by atoms with E-state index in [0.717, 1.165) is 0 Å². The summed E-state index contributed by atoms with van der Waals surface area (Å²) in [6, 6.07) is 5.21. The smallest absolute Gasteiger partial charge is 0.412 e. The van der Waals surface area contributed by atoms with Gasteiger partial charge in [0.2, 0.25) is 0 Å². The number of ether oxygens (including phenoxy) is 2. The standard InChI is InChI=1S/C14H18N2O4/c1-14(2,3)20-13(18)16-11(12(17)19-4)9-10-7-5-6-8-15-10/h5-9H,1-4H3,(H,16,18)/b11-9+. The zero-order valence-corrected chi connectivity index (χ0v) is 12.0. The van der Waals surface area contributed by atoms with E-state index < -0.39 is 17.7 Å². The molecule has 1 aromatic rings. The van der Waals surface area contributed by atoms with Crippen molar-refractivity contribution in [1.82, 2.24) is 10.3 Å². The van der Waals surface area contributed by atoms with Gasteiger partial charge >= 0.3 is 12.1 Å². The van der Waals surface area contributed by atoms with Crippen LogP contribution in [0.5, 0.6) is 0 Å². The van der Waals surface area contributed by atoms with Gasteiger partial charge in [0.15, 0.2) is 0 Å². The quantitative estimate of drug-likeness (QED) is 0.677. The normalized spacial score (nSPS) is 11.7. The van der Waals surface area contributed by atoms with Crippen LogP contribution in [0.2, 0.25) is 0 Å². The third-order valence-corrected chi connectivity index (χ3v) is 2.02. The fourth-order valence-electron chi connectivity index (χ4n) is 1.28. The zero-order chi connectivity index (χ0) is 15.2. The Morgan fingerprint density at radius 3 is 2.50 bits per heavy atom. The number of pyridine rings is 1. The van der Waals surface area contributed by atoms with Crippen LogP contribution in [-0.4, -0.2) is 29.8 Å². The van der Waals surface area contributed by atoms with E-state index in [-0.39, 0.29) is 5.70 Å². The van der Waals surface area contributed by atoms with E-state index in [4.69, 9.17) is 4.74 Å². The Balaban J connectivity index is 2.89. The maximum absolute atomic E-state index is 11.7. The predicted octanol–water partition coefficient (Wildman–Crippen LogP) is 2.12. The van der Waals surface area contributed by atoms with E-state index in [1.807, 2.05) is 0 Å². The molecule has 1 N–H and O–H groups in total. The van der Waals surface area contributed by atoms with Gasteiger partial charge in [-0.05, 0) is 39.0 Å². The highest BCUT2D eigenvalue weighted by molar-refractivity contribution is 5.96. The van der Waals surface area contributed by atoms with Gasteiger partial charge in [0.1, 0.15) is 11.3 Å². The summed E-state index contributed by atoms with van der Waals surface area (Å²) in [5, 5.41) is 2.36. The third-order valence-electron chi connectivity index (χ3n) is 2.02. The first-order chi connectivity index (χ1) is 9.31. The highest BCUT2D eigenvalue weighted by Gasteiger charge is 2.20. The lowest BCUT2D eigenvalue weighted by Crippen LogP contribution is -2.34. The maximum Gasteiger partial charge on any atom is 0.412 e. The molecule has 0 aliphatic heterocycles. The first-order valence-corrected chi connectivity index (χ1v) is 6.03. The van der Waals surface area contributed by atoms with Crippen LogP contribution in [0.25, 0.3) is 6.08 Å². The van der Waals surface area contributed by atoms with E-state index >= 15 is 0 Å². The number of hydrogen-bond acceptors (Lipinski definition) is 5. The summed E-state index contributed by atoms with van der Waals surface area (Å²) in [6.07, 6.45) is 2.26. The Hall–Kier alpha value is -2.37. The number of hydrogen-bond donors (Lipinski definition) is 1. The van der Waals surface area contributed by atoms with Gasteiger partial charge in [0, 0.05) is 6.20 Å². The lowest BCUT2D eigenvalue weighted by molar-refractivity contribution is -0.136. The summed E-state index contributed by atoms with van der Waals surface area (Å²) in [4.78, 5) is 27.3. The summed E-state index contributed by atoms with van der Waals surface area (Å²) >= 11 is 0. The van der Waals surface area contributed by atoms with Crippen molar-refractivity contribution in [2.75, 3.05) is 7.11 Å². The van der Waals surface area contributed by atoms with Crippen LogP contribution in [0, 0.1) is 0 Å². The van der Waals surface area contributed by atoms with Crippen LogP contribution in [0.4, 0.5) is 4.79 Å². The second-order valence-electron chi connectivity index (χ2n) is 4.93. The molecule has 0 atom stereocenters. The minimum absolute atomic E-state index is 0.0412. The molecule has 1 rings (SSSR count). The number of amides is 1. The van der Waals surface area contributed by atoms with Gasteiger partial charge in [-0.3, -0.25) is 10.3 Å². The molecular weight excluding hydrogens is 260 g/mol. The Bertz CT molecular complexity index is 504. The molecule has 1 amide bonds. The van der Waals surface area contributed by atoms with Crippen LogP contribution in [0.3, 0.4) is 0 Å². The topological polar surface area (TPSA) is 77.5 Å². The molecule has 108 valence electrons. The Morgan fingerprint density at radius 2 is 2.00 bits per heavy atom. The molecule has 20 heavy (non-hydrogen) atoms. The van der Waals surface area contributed by atoms with Crippen LogP contribution >= 0.6 is 0 Å². The molecule has 0 aromatic carbocycles. The number of nitrogens with zero attached hydrogens (tertiary/aromatic N) is 1. The molecule has 0 saturated carbocycles. The SMILES string of the molecule is COC(=O)/C(=C\c1ccccn1)NC(=O)OC(C)(C)C. The van der Waals surface area contributed by atoms with Crippen LogP contribution in [0.1, 0.15) is 26.5 Å². The molecule has 1 aromatic heterocycles. The molecule has 0 bridgehead atoms. The summed E-state index contributed by atoms with van der Waals surface area (Å²) in [5.74, 6) is -0.679. The molecule has 6 heteroatoms. The summed E-state index contributed by atoms with van der Waals surface area (Å²) < 4.78 is 9.69. The number of carbonyl (C=O) groups is 2. The second kappa shape index (κ2) is 6.70. The van der Waals surface area contributed by atoms with Gasteiger partial charge in [-0.2, -0.15) is 0 Å². The van der Waals surface area contributed by atoms with Gasteiger partial charge in [-0.15, -0.1) is 0 Å². The summed E-state index contributed by atoms with van der Waals surface area (Å²) in [7, 11) is 1.23. The van der Waals surface area contributed by atoms with Crippen molar-refractivity contribution in [2.45, 2.75) is 26.4 Å². The zero-order valence-electron chi connectivity index (χ0n) is 12.0. The van der Waals surface area contributed by atoms with Gasteiger partial charge in [-0.25, -0.2) is 9.59 Å². The first kappa shape index (κ1) is 15.7. The fourth-order valence-corrected chi connectivity index (χ4v) is 1.28. The summed E-state index contributed by atoms with van der Waals surface area (Å²) in [6.45, 7) is 5.19. The van der Waals surface area contributed by atoms with Gasteiger partial charge in [-0.1, -0.05) is 6.07 Å². The molecule has 0 radical (unpaired) electrons. The van der Waals surface area contributed by atoms with E-state index in [1.165, 1.54) is 13.2 Å². The first-order valence-electron chi connectivity index (χ1n) is 6.03. The van der Waals surface area contributed by atoms with Gasteiger partial charge in [0.05, 0.1) is 12.8 Å². The molecule has 1 heterocycles. The highest BCUT2D eigenvalue weighted by atomic mass is 16.6. The molecule has 0 spiro atoms. The van der Waals surface area contributed by atoms with Crippen molar-refractivity contribution in [3.63, 3.8) is 0 Å². The molecule has 0 aliphatic carbocycles. The molecule has 0 unspecified atom stereocenters. The number of rotatable bonds is 3. The number of esters is 1. The lowest BCUT2D eigenvalue weighted by atomic mass is 10.2. The monoisotopic (exact) mass is 278 g/mol. The van der Waals surface area contributed by atoms with Crippen molar-refractivity contribution in [2.24, 2.45) is 0 Å². The molecule has 0 saturated heterocycles. The predicted molar refractivity (Wildman–Crippen MR) is 73.6 cm³/mol. The van der Waals surface area contributed by atoms with Crippen molar-refractivity contribution in [3.05, 3.63) is 35.8 Å². The van der Waals surface area contributed by atoms with Gasteiger partial charge < -0.3 is 9.47 Å². The van der Waals surface area contributed by atoms with E-state index in [0.29, 0.717) is 5.69 Å². The summed E-state index contributed by atoms with van der Waals surface area (Å²) in [5.41, 5.74) is -0.180. The van der Waals surface area contributed by atoms with Crippen LogP contribution in [-0.2, 0) is 14.3 Å². The molecule has 6 nitrogen and oxygen atoms in total. The number of carbonyl (C=O) groups excluding carboxylic acids is 2. The minimum Gasteiger partial charge on any atom is -0.464 e. The molecule has 0 aliphatic rings. The average Bonchev–Trinajstić information content (AvgIpc) is 2.36. The Kier molecular flexibility index (Phi) is 5.25. The number of aromatic nitrogens is 1. The highest BCUT2D eigenvalue weighted by Crippen LogP contribution is 2.09. The van der Waals surface area contributed by atoms with Crippen LogP contribution < -0.4 is 5.32 Å². The Labute approximate surface area is 117 Å². The van der Waals surface area contributed by atoms with Crippen molar-refractivity contribution in [1.29, 1.82) is 0 Å². The van der Waals surface area contributed by atoms with Crippen LogP contribution in [0.15, 0.2) is 30.1 Å². The third kappa shape index (κ3) is 5.51. The lowest BCUT2D eigenvalue weighted by Gasteiger charge is -2.20. The average molecular weight is 278 g/mol. The van der Waals surface area contributed by atoms with E-state index in [1.54, 1.807) is 45.2 Å². The maximum atomic E-state index is 11.7. The van der Waals surface area contributed by atoms with E-state index in [2.05, 4.69) is 15.0 Å². The second-order valence-corrected chi connectivity index (χ2v) is 4.93. The molecule has 0 fully saturated rings. The number of nitrogens with one attached hydrogen (secondary N) is 1. The largest absolute Gasteiger partial charge is 0.464 e. The van der Waals surface area contributed by atoms with Crippen molar-refractivity contribution < 1.29 is 19.1 Å². The number of methoxy groups -OCH3 is 1. The van der Waals surface area contributed by atoms with Crippen molar-refractivity contribution in [3.8, 4) is 0 Å². The van der Waals surface area contributed by atoms with Gasteiger partial charge in [0.25, 0.3) is 0 Å². The number of alkyl carbamates (subject to hydrolysis) is 1. The van der Waals surface area contributed by atoms with Crippen molar-refractivity contribution >= 4 is 18.1 Å². The van der Waals surface area contributed by atoms with E-state index in [9.17, 15) is 9.59 Å². The molecular formula is C14H18N2O4. The minimum atomic E-state index is -0.731. The Morgan fingerprint density at radius 1 is 1.30 bits per heavy atom. The fraction of sp³-hybridized carbons (Fsp3) is 0.357.